The molecule has 192 valence electrons. The number of aryl methyl sites for hydroxylation is 1. The lowest BCUT2D eigenvalue weighted by Gasteiger charge is -2.27. The van der Waals surface area contributed by atoms with Gasteiger partial charge in [-0.15, -0.1) is 0 Å². The highest BCUT2D eigenvalue weighted by molar-refractivity contribution is 7.81. The van der Waals surface area contributed by atoms with Crippen molar-refractivity contribution in [2.45, 2.75) is 25.8 Å². The summed E-state index contributed by atoms with van der Waals surface area (Å²) in [5.41, 5.74) is 4.34. The van der Waals surface area contributed by atoms with Gasteiger partial charge in [-0.3, -0.25) is 9.78 Å². The minimum Gasteiger partial charge on any atom is -0.381 e. The number of nitrogens with one attached hydrogen (secondary N) is 1. The van der Waals surface area contributed by atoms with Gasteiger partial charge < -0.3 is 18.5 Å². The number of nitriles is 1. The summed E-state index contributed by atoms with van der Waals surface area (Å²) in [5, 5.41) is 11.2. The molecule has 9 nitrogen and oxygen atoms in total. The maximum atomic E-state index is 13.9. The summed E-state index contributed by atoms with van der Waals surface area (Å²) in [5.74, 6) is -0.259. The fourth-order valence-electron chi connectivity index (χ4n) is 5.36. The second-order valence-electron chi connectivity index (χ2n) is 9.33. The zero-order valence-corrected chi connectivity index (χ0v) is 21.0. The van der Waals surface area contributed by atoms with Gasteiger partial charge in [-0.2, -0.15) is 13.7 Å². The van der Waals surface area contributed by atoms with E-state index in [4.69, 9.17) is 4.74 Å². The van der Waals surface area contributed by atoms with Crippen LogP contribution in [0, 0.1) is 18.3 Å². The lowest BCUT2D eigenvalue weighted by Crippen LogP contribution is -2.22. The van der Waals surface area contributed by atoms with E-state index in [1.165, 1.54) is 12.3 Å². The Balaban J connectivity index is 1.67. The van der Waals surface area contributed by atoms with E-state index >= 15 is 0 Å². The zero-order valence-electron chi connectivity index (χ0n) is 20.2. The molecule has 1 fully saturated rings. The summed E-state index contributed by atoms with van der Waals surface area (Å²) < 4.78 is 47.3. The Bertz CT molecular complexity index is 1970. The van der Waals surface area contributed by atoms with E-state index in [2.05, 4.69) is 24.8 Å². The molecule has 1 aliphatic rings. The Hall–Kier alpha value is -4.27. The van der Waals surface area contributed by atoms with E-state index in [1.54, 1.807) is 18.2 Å². The molecular formula is C27H21FN4O5S. The SMILES string of the molecule is Cc1cc2c(=O)c3c4ccc(C#N)cc4[nH]c3n(C3CCOCC3)c2cc1-c1cncc(OS(=O)(=O)F)c1. The van der Waals surface area contributed by atoms with Crippen LogP contribution in [0.15, 0.2) is 53.6 Å². The van der Waals surface area contributed by atoms with Crippen molar-refractivity contribution >= 4 is 43.3 Å². The van der Waals surface area contributed by atoms with Crippen molar-refractivity contribution in [3.63, 3.8) is 0 Å². The van der Waals surface area contributed by atoms with Gasteiger partial charge in [0, 0.05) is 47.3 Å². The van der Waals surface area contributed by atoms with E-state index in [1.807, 2.05) is 19.1 Å². The largest absolute Gasteiger partial charge is 0.488 e. The standard InChI is InChI=1S/C27H21FN4O5S/c1-15-8-22-24(11-21(15)17-10-19(14-30-13-17)37-38(28,34)35)32(18-4-6-36-7-5-18)27-25(26(22)33)20-3-2-16(12-29)9-23(20)31-27/h2-3,8-11,13-14,18,31H,4-7H2,1H3. The van der Waals surface area contributed by atoms with Gasteiger partial charge in [0.05, 0.1) is 28.7 Å². The van der Waals surface area contributed by atoms with Crippen LogP contribution < -0.4 is 9.61 Å². The monoisotopic (exact) mass is 532 g/mol. The minimum atomic E-state index is -5.21. The Morgan fingerprint density at radius 1 is 1.16 bits per heavy atom. The highest BCUT2D eigenvalue weighted by atomic mass is 32.3. The highest BCUT2D eigenvalue weighted by Crippen LogP contribution is 2.36. The molecular weight excluding hydrogens is 511 g/mol. The number of aromatic nitrogens is 3. The van der Waals surface area contributed by atoms with Crippen molar-refractivity contribution in [2.24, 2.45) is 0 Å². The zero-order chi connectivity index (χ0) is 26.6. The highest BCUT2D eigenvalue weighted by Gasteiger charge is 2.24. The van der Waals surface area contributed by atoms with Crippen LogP contribution in [0.4, 0.5) is 3.89 Å². The molecule has 38 heavy (non-hydrogen) atoms. The summed E-state index contributed by atoms with van der Waals surface area (Å²) in [4.78, 5) is 21.3. The minimum absolute atomic E-state index is 0.0397. The molecule has 1 N–H and O–H groups in total. The lowest BCUT2D eigenvalue weighted by atomic mass is 9.97. The van der Waals surface area contributed by atoms with Crippen LogP contribution in [-0.2, 0) is 15.2 Å². The van der Waals surface area contributed by atoms with E-state index in [0.717, 1.165) is 30.0 Å². The van der Waals surface area contributed by atoms with Gasteiger partial charge in [0.15, 0.2) is 11.2 Å². The van der Waals surface area contributed by atoms with Crippen molar-refractivity contribution < 1.29 is 21.2 Å². The van der Waals surface area contributed by atoms with Gasteiger partial charge in [-0.1, -0.05) is 9.95 Å². The molecule has 0 aliphatic carbocycles. The average Bonchev–Trinajstić information content (AvgIpc) is 3.27. The topological polar surface area (TPSA) is 127 Å². The molecule has 0 amide bonds. The molecule has 0 atom stereocenters. The van der Waals surface area contributed by atoms with Crippen molar-refractivity contribution in [1.82, 2.24) is 14.5 Å². The average molecular weight is 533 g/mol. The summed E-state index contributed by atoms with van der Waals surface area (Å²) in [6.07, 6.45) is 4.12. The van der Waals surface area contributed by atoms with Crippen LogP contribution in [0.1, 0.15) is 30.0 Å². The number of hydrogen-bond donors (Lipinski definition) is 1. The molecule has 0 bridgehead atoms. The first-order chi connectivity index (χ1) is 18.2. The Kier molecular flexibility index (Phi) is 5.66. The number of H-pyrrole nitrogens is 1. The molecule has 6 rings (SSSR count). The summed E-state index contributed by atoms with van der Waals surface area (Å²) in [6.45, 7) is 3.00. The smallest absolute Gasteiger partial charge is 0.381 e. The number of nitrogens with zero attached hydrogens (tertiary/aromatic N) is 3. The summed E-state index contributed by atoms with van der Waals surface area (Å²) >= 11 is 0. The maximum Gasteiger partial charge on any atom is 0.488 e. The number of hydrogen-bond acceptors (Lipinski definition) is 7. The molecule has 5 aromatic rings. The predicted octanol–water partition coefficient (Wildman–Crippen LogP) is 4.82. The van der Waals surface area contributed by atoms with Crippen molar-refractivity contribution in [3.8, 4) is 22.9 Å². The van der Waals surface area contributed by atoms with Gasteiger partial charge in [0.1, 0.15) is 5.65 Å². The maximum absolute atomic E-state index is 13.9. The van der Waals surface area contributed by atoms with Crippen molar-refractivity contribution in [2.75, 3.05) is 13.2 Å². The van der Waals surface area contributed by atoms with Crippen LogP contribution >= 0.6 is 0 Å². The van der Waals surface area contributed by atoms with Crippen LogP contribution in [-0.4, -0.2) is 36.2 Å². The van der Waals surface area contributed by atoms with Gasteiger partial charge in [-0.05, 0) is 61.2 Å². The van der Waals surface area contributed by atoms with E-state index < -0.39 is 10.5 Å². The Labute approximate surface area is 216 Å². The number of rotatable bonds is 4. The van der Waals surface area contributed by atoms with Gasteiger partial charge in [-0.25, -0.2) is 0 Å². The first-order valence-corrected chi connectivity index (χ1v) is 13.3. The molecule has 0 radical (unpaired) electrons. The normalized spacial score (nSPS) is 14.8. The number of halogens is 1. The van der Waals surface area contributed by atoms with E-state index in [-0.39, 0.29) is 17.2 Å². The van der Waals surface area contributed by atoms with Crippen LogP contribution in [0.3, 0.4) is 0 Å². The molecule has 0 saturated carbocycles. The molecule has 2 aromatic carbocycles. The molecule has 4 heterocycles. The van der Waals surface area contributed by atoms with Crippen LogP contribution in [0.5, 0.6) is 5.75 Å². The van der Waals surface area contributed by atoms with Crippen LogP contribution in [0.2, 0.25) is 0 Å². The molecule has 0 spiro atoms. The number of pyridine rings is 2. The number of fused-ring (bicyclic) bond motifs is 4. The quantitative estimate of drug-likeness (QED) is 0.329. The third kappa shape index (κ3) is 4.08. The third-order valence-electron chi connectivity index (χ3n) is 7.00. The first kappa shape index (κ1) is 24.1. The molecule has 1 saturated heterocycles. The number of aromatic amines is 1. The lowest BCUT2D eigenvalue weighted by molar-refractivity contribution is 0.0715. The second-order valence-corrected chi connectivity index (χ2v) is 10.3. The molecule has 11 heteroatoms. The molecule has 1 aliphatic heterocycles. The third-order valence-corrected chi connectivity index (χ3v) is 7.39. The van der Waals surface area contributed by atoms with Crippen LogP contribution in [0.25, 0.3) is 44.0 Å². The summed E-state index contributed by atoms with van der Waals surface area (Å²) in [7, 11) is -5.21. The fraction of sp³-hybridized carbons (Fsp3) is 0.222. The Morgan fingerprint density at radius 2 is 1.95 bits per heavy atom. The fourth-order valence-corrected chi connectivity index (χ4v) is 5.68. The Morgan fingerprint density at radius 3 is 2.68 bits per heavy atom. The van der Waals surface area contributed by atoms with E-state index in [9.17, 15) is 22.4 Å². The first-order valence-electron chi connectivity index (χ1n) is 11.9. The summed E-state index contributed by atoms with van der Waals surface area (Å²) in [6, 6.07) is 12.5. The van der Waals surface area contributed by atoms with Crippen molar-refractivity contribution in [1.29, 1.82) is 5.26 Å². The second kappa shape index (κ2) is 8.93. The molecule has 0 unspecified atom stereocenters. The number of benzene rings is 2. The predicted molar refractivity (Wildman–Crippen MR) is 140 cm³/mol. The van der Waals surface area contributed by atoms with E-state index in [0.29, 0.717) is 57.4 Å². The molecule has 3 aromatic heterocycles. The van der Waals surface area contributed by atoms with Gasteiger partial charge >= 0.3 is 10.5 Å². The van der Waals surface area contributed by atoms with Gasteiger partial charge in [0.25, 0.3) is 0 Å². The van der Waals surface area contributed by atoms with Crippen molar-refractivity contribution in [3.05, 3.63) is 70.1 Å². The van der Waals surface area contributed by atoms with Gasteiger partial charge in [0.2, 0.25) is 0 Å². The number of ether oxygens (including phenoxy) is 1.